The van der Waals surface area contributed by atoms with Crippen LogP contribution >= 0.6 is 0 Å². The summed E-state index contributed by atoms with van der Waals surface area (Å²) in [6.45, 7) is 3.06. The summed E-state index contributed by atoms with van der Waals surface area (Å²) in [5.74, 6) is 0.506. The van der Waals surface area contributed by atoms with Crippen molar-refractivity contribution in [1.82, 2.24) is 10.6 Å². The quantitative estimate of drug-likeness (QED) is 0.614. The Morgan fingerprint density at radius 1 is 1.00 bits per heavy atom. The maximum atomic E-state index is 12.8. The Labute approximate surface area is 164 Å². The van der Waals surface area contributed by atoms with Gasteiger partial charge in [0.1, 0.15) is 5.82 Å². The minimum absolute atomic E-state index is 0.108. The molecule has 0 saturated heterocycles. The molecule has 2 rings (SSSR count). The van der Waals surface area contributed by atoms with Crippen molar-refractivity contribution in [2.45, 2.75) is 19.8 Å². The number of methoxy groups -OCH3 is 1. The highest BCUT2D eigenvalue weighted by atomic mass is 19.1. The Kier molecular flexibility index (Phi) is 8.27. The van der Waals surface area contributed by atoms with E-state index in [9.17, 15) is 14.0 Å². The second kappa shape index (κ2) is 10.9. The summed E-state index contributed by atoms with van der Waals surface area (Å²) in [7, 11) is 1.58. The van der Waals surface area contributed by atoms with Gasteiger partial charge in [-0.2, -0.15) is 0 Å². The molecule has 0 bridgehead atoms. The largest absolute Gasteiger partial charge is 0.493 e. The number of halogens is 1. The van der Waals surface area contributed by atoms with Gasteiger partial charge in [-0.3, -0.25) is 9.59 Å². The lowest BCUT2D eigenvalue weighted by Gasteiger charge is -2.11. The number of hydrogen-bond donors (Lipinski definition) is 2. The minimum atomic E-state index is -0.394. The summed E-state index contributed by atoms with van der Waals surface area (Å²) >= 11 is 0. The molecular formula is C21H25FN2O4. The number of carbonyl (C=O) groups is 2. The van der Waals surface area contributed by atoms with Gasteiger partial charge >= 0.3 is 0 Å². The van der Waals surface area contributed by atoms with E-state index < -0.39 is 5.82 Å². The van der Waals surface area contributed by atoms with Crippen molar-refractivity contribution in [3.05, 3.63) is 59.4 Å². The average Bonchev–Trinajstić information content (AvgIpc) is 2.71. The Balaban J connectivity index is 1.70. The molecule has 0 heterocycles. The molecule has 0 radical (unpaired) electrons. The van der Waals surface area contributed by atoms with Gasteiger partial charge in [0.15, 0.2) is 11.5 Å². The standard InChI is InChI=1S/C21H25FN2O4/c1-3-28-18-10-4-15(14-19(18)27-2)5-11-20(25)23-12-13-24-21(26)16-6-8-17(22)9-7-16/h4,6-10,14H,3,5,11-13H2,1-2H3,(H,23,25)(H,24,26). The first-order valence-electron chi connectivity index (χ1n) is 9.13. The molecule has 0 aliphatic rings. The van der Waals surface area contributed by atoms with E-state index >= 15 is 0 Å². The number of nitrogens with one attached hydrogen (secondary N) is 2. The van der Waals surface area contributed by atoms with Gasteiger partial charge in [0.05, 0.1) is 13.7 Å². The molecule has 0 aliphatic heterocycles. The first-order valence-corrected chi connectivity index (χ1v) is 9.13. The zero-order chi connectivity index (χ0) is 20.4. The lowest BCUT2D eigenvalue weighted by atomic mass is 10.1. The molecule has 2 aromatic rings. The first kappa shape index (κ1) is 21.2. The number of rotatable bonds is 10. The molecule has 0 aliphatic carbocycles. The minimum Gasteiger partial charge on any atom is -0.493 e. The highest BCUT2D eigenvalue weighted by molar-refractivity contribution is 5.94. The molecule has 7 heteroatoms. The van der Waals surface area contributed by atoms with Crippen LogP contribution in [0, 0.1) is 5.82 Å². The number of carbonyl (C=O) groups excluding carboxylic acids is 2. The van der Waals surface area contributed by atoms with Crippen LogP contribution < -0.4 is 20.1 Å². The van der Waals surface area contributed by atoms with Gasteiger partial charge in [0.25, 0.3) is 5.91 Å². The molecule has 6 nitrogen and oxygen atoms in total. The number of hydrogen-bond acceptors (Lipinski definition) is 4. The average molecular weight is 388 g/mol. The zero-order valence-corrected chi connectivity index (χ0v) is 16.1. The molecule has 0 aromatic heterocycles. The van der Waals surface area contributed by atoms with Crippen molar-refractivity contribution >= 4 is 11.8 Å². The molecule has 2 N–H and O–H groups in total. The Morgan fingerprint density at radius 3 is 2.39 bits per heavy atom. The third kappa shape index (κ3) is 6.57. The number of aryl methyl sites for hydroxylation is 1. The fourth-order valence-electron chi connectivity index (χ4n) is 2.57. The SMILES string of the molecule is CCOc1ccc(CCC(=O)NCCNC(=O)c2ccc(F)cc2)cc1OC. The predicted molar refractivity (Wildman–Crippen MR) is 104 cm³/mol. The van der Waals surface area contributed by atoms with E-state index in [4.69, 9.17) is 9.47 Å². The van der Waals surface area contributed by atoms with Crippen LogP contribution in [0.2, 0.25) is 0 Å². The van der Waals surface area contributed by atoms with Gasteiger partial charge in [0, 0.05) is 25.1 Å². The van der Waals surface area contributed by atoms with E-state index in [1.54, 1.807) is 7.11 Å². The van der Waals surface area contributed by atoms with Gasteiger partial charge in [-0.1, -0.05) is 6.07 Å². The van der Waals surface area contributed by atoms with Crippen LogP contribution in [0.15, 0.2) is 42.5 Å². The second-order valence-electron chi connectivity index (χ2n) is 6.03. The predicted octanol–water partition coefficient (Wildman–Crippen LogP) is 2.71. The fraction of sp³-hybridized carbons (Fsp3) is 0.333. The van der Waals surface area contributed by atoms with Crippen LogP contribution in [-0.2, 0) is 11.2 Å². The molecule has 28 heavy (non-hydrogen) atoms. The molecule has 0 fully saturated rings. The Hall–Kier alpha value is -3.09. The van der Waals surface area contributed by atoms with Gasteiger partial charge < -0.3 is 20.1 Å². The lowest BCUT2D eigenvalue weighted by molar-refractivity contribution is -0.121. The normalized spacial score (nSPS) is 10.2. The Bertz CT molecular complexity index is 793. The fourth-order valence-corrected chi connectivity index (χ4v) is 2.57. The van der Waals surface area contributed by atoms with Crippen LogP contribution in [0.3, 0.4) is 0 Å². The molecule has 2 aromatic carbocycles. The van der Waals surface area contributed by atoms with Gasteiger partial charge in [-0.05, 0) is 55.3 Å². The smallest absolute Gasteiger partial charge is 0.251 e. The lowest BCUT2D eigenvalue weighted by Crippen LogP contribution is -2.34. The summed E-state index contributed by atoms with van der Waals surface area (Å²) in [6.07, 6.45) is 0.888. The maximum absolute atomic E-state index is 12.8. The monoisotopic (exact) mass is 388 g/mol. The van der Waals surface area contributed by atoms with Crippen molar-refractivity contribution in [3.8, 4) is 11.5 Å². The van der Waals surface area contributed by atoms with Crippen molar-refractivity contribution in [3.63, 3.8) is 0 Å². The van der Waals surface area contributed by atoms with E-state index in [0.717, 1.165) is 5.56 Å². The van der Waals surface area contributed by atoms with E-state index in [1.165, 1.54) is 24.3 Å². The van der Waals surface area contributed by atoms with E-state index in [-0.39, 0.29) is 11.8 Å². The van der Waals surface area contributed by atoms with Crippen LogP contribution in [0.5, 0.6) is 11.5 Å². The molecular weight excluding hydrogens is 363 g/mol. The van der Waals surface area contributed by atoms with Gasteiger partial charge in [0.2, 0.25) is 5.91 Å². The number of amides is 2. The molecule has 0 saturated carbocycles. The molecule has 0 spiro atoms. The highest BCUT2D eigenvalue weighted by Gasteiger charge is 2.08. The van der Waals surface area contributed by atoms with Crippen LogP contribution in [0.25, 0.3) is 0 Å². The molecule has 150 valence electrons. The highest BCUT2D eigenvalue weighted by Crippen LogP contribution is 2.28. The van der Waals surface area contributed by atoms with E-state index in [0.29, 0.717) is 49.6 Å². The van der Waals surface area contributed by atoms with Crippen LogP contribution in [0.1, 0.15) is 29.3 Å². The zero-order valence-electron chi connectivity index (χ0n) is 16.1. The number of benzene rings is 2. The van der Waals surface area contributed by atoms with Crippen LogP contribution in [0.4, 0.5) is 4.39 Å². The maximum Gasteiger partial charge on any atom is 0.251 e. The van der Waals surface area contributed by atoms with E-state index in [1.807, 2.05) is 25.1 Å². The summed E-state index contributed by atoms with van der Waals surface area (Å²) < 4.78 is 23.6. The van der Waals surface area contributed by atoms with Crippen molar-refractivity contribution in [1.29, 1.82) is 0 Å². The van der Waals surface area contributed by atoms with Crippen molar-refractivity contribution in [2.24, 2.45) is 0 Å². The summed E-state index contributed by atoms with van der Waals surface area (Å²) in [4.78, 5) is 23.8. The summed E-state index contributed by atoms with van der Waals surface area (Å²) in [5, 5.41) is 5.43. The number of ether oxygens (including phenoxy) is 2. The third-order valence-corrected chi connectivity index (χ3v) is 4.01. The van der Waals surface area contributed by atoms with Gasteiger partial charge in [-0.25, -0.2) is 4.39 Å². The third-order valence-electron chi connectivity index (χ3n) is 4.01. The second-order valence-corrected chi connectivity index (χ2v) is 6.03. The van der Waals surface area contributed by atoms with Crippen LogP contribution in [-0.4, -0.2) is 38.6 Å². The topological polar surface area (TPSA) is 76.7 Å². The molecule has 0 atom stereocenters. The van der Waals surface area contributed by atoms with Gasteiger partial charge in [-0.15, -0.1) is 0 Å². The first-order chi connectivity index (χ1) is 13.5. The van der Waals surface area contributed by atoms with Crippen molar-refractivity contribution in [2.75, 3.05) is 26.8 Å². The Morgan fingerprint density at radius 2 is 1.71 bits per heavy atom. The van der Waals surface area contributed by atoms with Crippen molar-refractivity contribution < 1.29 is 23.5 Å². The summed E-state index contributed by atoms with van der Waals surface area (Å²) in [6, 6.07) is 10.9. The summed E-state index contributed by atoms with van der Waals surface area (Å²) in [5.41, 5.74) is 1.34. The van der Waals surface area contributed by atoms with E-state index in [2.05, 4.69) is 10.6 Å². The molecule has 0 unspecified atom stereocenters. The molecule has 2 amide bonds.